The fourth-order valence-electron chi connectivity index (χ4n) is 3.63. The lowest BCUT2D eigenvalue weighted by atomic mass is 10.1. The van der Waals surface area contributed by atoms with Crippen LogP contribution in [0.4, 0.5) is 0 Å². The molecule has 2 aromatic rings. The van der Waals surface area contributed by atoms with E-state index < -0.39 is 0 Å². The third kappa shape index (κ3) is 4.40. The van der Waals surface area contributed by atoms with Crippen molar-refractivity contribution in [1.29, 1.82) is 0 Å². The Labute approximate surface area is 169 Å². The molecule has 5 heteroatoms. The number of hydrogen-bond donors (Lipinski definition) is 0. The Hall–Kier alpha value is -1.75. The number of methoxy groups -OCH3 is 1. The van der Waals surface area contributed by atoms with Gasteiger partial charge >= 0.3 is 0 Å². The van der Waals surface area contributed by atoms with E-state index in [0.717, 1.165) is 52.5 Å². The molecule has 0 N–H and O–H groups in total. The maximum Gasteiger partial charge on any atom is 0.223 e. The Morgan fingerprint density at radius 2 is 2.07 bits per heavy atom. The molecule has 4 rings (SSSR count). The average molecular weight is 432 g/mol. The summed E-state index contributed by atoms with van der Waals surface area (Å²) in [5.41, 5.74) is 1.13. The van der Waals surface area contributed by atoms with Crippen LogP contribution in [0.15, 0.2) is 39.2 Å². The summed E-state index contributed by atoms with van der Waals surface area (Å²) in [5.74, 6) is 4.33. The summed E-state index contributed by atoms with van der Waals surface area (Å²) in [5, 5.41) is 0. The van der Waals surface area contributed by atoms with E-state index in [1.54, 1.807) is 7.11 Å². The fraction of sp³-hybridized carbons (Fsp3) is 0.500. The number of rotatable bonds is 8. The summed E-state index contributed by atoms with van der Waals surface area (Å²) >= 11 is 3.51. The van der Waals surface area contributed by atoms with Crippen LogP contribution in [0, 0.1) is 5.92 Å². The van der Waals surface area contributed by atoms with Gasteiger partial charge in [-0.3, -0.25) is 4.79 Å². The summed E-state index contributed by atoms with van der Waals surface area (Å²) in [6.45, 7) is 2.85. The largest absolute Gasteiger partial charge is 0.496 e. The van der Waals surface area contributed by atoms with Gasteiger partial charge in [0.2, 0.25) is 5.91 Å². The van der Waals surface area contributed by atoms with Gasteiger partial charge in [-0.15, -0.1) is 0 Å². The topological polar surface area (TPSA) is 42.7 Å². The molecular weight excluding hydrogens is 406 g/mol. The first-order valence-corrected chi connectivity index (χ1v) is 10.5. The molecule has 27 heavy (non-hydrogen) atoms. The molecule has 1 amide bonds. The third-order valence-electron chi connectivity index (χ3n) is 5.64. The Balaban J connectivity index is 1.36. The molecule has 144 valence electrons. The monoisotopic (exact) mass is 431 g/mol. The molecule has 0 bridgehead atoms. The van der Waals surface area contributed by atoms with Crippen molar-refractivity contribution < 1.29 is 13.9 Å². The highest BCUT2D eigenvalue weighted by Crippen LogP contribution is 2.47. The molecule has 0 aliphatic heterocycles. The lowest BCUT2D eigenvalue weighted by Crippen LogP contribution is -2.32. The average Bonchev–Trinajstić information content (AvgIpc) is 3.58. The molecule has 2 fully saturated rings. The van der Waals surface area contributed by atoms with Crippen LogP contribution in [0.3, 0.4) is 0 Å². The summed E-state index contributed by atoms with van der Waals surface area (Å²) in [4.78, 5) is 14.9. The SMILES string of the molecule is COc1ccc(CCC(=O)N(Cc2ccc(C3CC3C)o2)C2CC2)cc1Br. The molecule has 0 saturated heterocycles. The fourth-order valence-corrected chi connectivity index (χ4v) is 4.22. The maximum absolute atomic E-state index is 12.9. The lowest BCUT2D eigenvalue weighted by molar-refractivity contribution is -0.132. The van der Waals surface area contributed by atoms with Crippen molar-refractivity contribution in [3.63, 3.8) is 0 Å². The number of carbonyl (C=O) groups is 1. The minimum Gasteiger partial charge on any atom is -0.496 e. The van der Waals surface area contributed by atoms with Crippen LogP contribution in [0.25, 0.3) is 0 Å². The van der Waals surface area contributed by atoms with Crippen molar-refractivity contribution in [2.45, 2.75) is 57.5 Å². The lowest BCUT2D eigenvalue weighted by Gasteiger charge is -2.21. The Bertz CT molecular complexity index is 827. The zero-order valence-electron chi connectivity index (χ0n) is 15.9. The van der Waals surface area contributed by atoms with Gasteiger partial charge in [0.05, 0.1) is 18.1 Å². The van der Waals surface area contributed by atoms with Crippen LogP contribution in [-0.4, -0.2) is 24.0 Å². The molecule has 2 atom stereocenters. The first-order chi connectivity index (χ1) is 13.0. The van der Waals surface area contributed by atoms with E-state index in [-0.39, 0.29) is 5.91 Å². The number of aryl methyl sites for hydroxylation is 1. The number of benzene rings is 1. The maximum atomic E-state index is 12.9. The third-order valence-corrected chi connectivity index (χ3v) is 6.25. The molecule has 1 aromatic heterocycles. The molecule has 2 saturated carbocycles. The molecule has 2 aliphatic rings. The molecule has 0 spiro atoms. The van der Waals surface area contributed by atoms with E-state index in [2.05, 4.69) is 28.9 Å². The summed E-state index contributed by atoms with van der Waals surface area (Å²) in [6.07, 6.45) is 4.67. The van der Waals surface area contributed by atoms with Gasteiger partial charge in [-0.25, -0.2) is 0 Å². The summed E-state index contributed by atoms with van der Waals surface area (Å²) in [7, 11) is 1.65. The number of ether oxygens (including phenoxy) is 1. The second-order valence-electron chi connectivity index (χ2n) is 7.85. The van der Waals surface area contributed by atoms with Crippen LogP contribution in [0.1, 0.15) is 55.6 Å². The van der Waals surface area contributed by atoms with Crippen LogP contribution in [0.5, 0.6) is 5.75 Å². The number of nitrogens with zero attached hydrogens (tertiary/aromatic N) is 1. The van der Waals surface area contributed by atoms with Gasteiger partial charge in [0.25, 0.3) is 0 Å². The van der Waals surface area contributed by atoms with Crippen LogP contribution in [0.2, 0.25) is 0 Å². The van der Waals surface area contributed by atoms with Gasteiger partial charge in [-0.2, -0.15) is 0 Å². The summed E-state index contributed by atoms with van der Waals surface area (Å²) < 4.78 is 12.2. The van der Waals surface area contributed by atoms with Crippen LogP contribution < -0.4 is 4.74 Å². The molecule has 2 unspecified atom stereocenters. The summed E-state index contributed by atoms with van der Waals surface area (Å²) in [6, 6.07) is 10.5. The number of furan rings is 1. The van der Waals surface area contributed by atoms with Crippen molar-refractivity contribution in [3.05, 3.63) is 51.9 Å². The van der Waals surface area contributed by atoms with Gasteiger partial charge in [0.1, 0.15) is 17.3 Å². The van der Waals surface area contributed by atoms with Crippen molar-refractivity contribution in [1.82, 2.24) is 4.90 Å². The van der Waals surface area contributed by atoms with Crippen molar-refractivity contribution in [3.8, 4) is 5.75 Å². The molecular formula is C22H26BrNO3. The van der Waals surface area contributed by atoms with E-state index >= 15 is 0 Å². The second-order valence-corrected chi connectivity index (χ2v) is 8.70. The predicted molar refractivity (Wildman–Crippen MR) is 108 cm³/mol. The zero-order valence-corrected chi connectivity index (χ0v) is 17.5. The van der Waals surface area contributed by atoms with E-state index in [4.69, 9.17) is 9.15 Å². The van der Waals surface area contributed by atoms with Gasteiger partial charge in [0.15, 0.2) is 0 Å². The van der Waals surface area contributed by atoms with E-state index in [1.165, 1.54) is 6.42 Å². The van der Waals surface area contributed by atoms with Gasteiger partial charge in [0, 0.05) is 18.4 Å². The first-order valence-electron chi connectivity index (χ1n) is 9.75. The highest BCUT2D eigenvalue weighted by atomic mass is 79.9. The minimum atomic E-state index is 0.210. The first kappa shape index (κ1) is 18.6. The van der Waals surface area contributed by atoms with Crippen molar-refractivity contribution in [2.24, 2.45) is 5.92 Å². The minimum absolute atomic E-state index is 0.210. The normalized spacial score (nSPS) is 21.1. The number of carbonyl (C=O) groups excluding carboxylic acids is 1. The Kier molecular flexibility index (Phi) is 5.31. The van der Waals surface area contributed by atoms with Gasteiger partial charge in [-0.1, -0.05) is 13.0 Å². The van der Waals surface area contributed by atoms with Gasteiger partial charge < -0.3 is 14.1 Å². The van der Waals surface area contributed by atoms with Crippen LogP contribution in [-0.2, 0) is 17.8 Å². The van der Waals surface area contributed by atoms with E-state index in [1.807, 2.05) is 29.2 Å². The molecule has 4 nitrogen and oxygen atoms in total. The van der Waals surface area contributed by atoms with Crippen molar-refractivity contribution in [2.75, 3.05) is 7.11 Å². The number of hydrogen-bond acceptors (Lipinski definition) is 3. The molecule has 0 radical (unpaired) electrons. The predicted octanol–water partition coefficient (Wildman–Crippen LogP) is 5.30. The quantitative estimate of drug-likeness (QED) is 0.569. The zero-order chi connectivity index (χ0) is 19.0. The standard InChI is InChI=1S/C22H26BrNO3/c1-14-11-18(14)20-9-7-17(27-20)13-24(16-5-6-16)22(25)10-4-15-3-8-21(26-2)19(23)12-15/h3,7-9,12,14,16,18H,4-6,10-11,13H2,1-2H3. The number of amides is 1. The Morgan fingerprint density at radius 1 is 1.30 bits per heavy atom. The van der Waals surface area contributed by atoms with E-state index in [9.17, 15) is 4.79 Å². The molecule has 1 aromatic carbocycles. The van der Waals surface area contributed by atoms with Gasteiger partial charge in [-0.05, 0) is 77.4 Å². The smallest absolute Gasteiger partial charge is 0.223 e. The van der Waals surface area contributed by atoms with Crippen LogP contribution >= 0.6 is 15.9 Å². The Morgan fingerprint density at radius 3 is 2.70 bits per heavy atom. The number of halogens is 1. The highest BCUT2D eigenvalue weighted by Gasteiger charge is 2.37. The highest BCUT2D eigenvalue weighted by molar-refractivity contribution is 9.10. The van der Waals surface area contributed by atoms with E-state index in [0.29, 0.717) is 24.9 Å². The van der Waals surface area contributed by atoms with Crippen molar-refractivity contribution >= 4 is 21.8 Å². The molecule has 2 aliphatic carbocycles. The molecule has 1 heterocycles. The second kappa shape index (κ2) is 7.70.